The second-order valence-electron chi connectivity index (χ2n) is 11.1. The lowest BCUT2D eigenvalue weighted by atomic mass is 9.76. The van der Waals surface area contributed by atoms with Crippen molar-refractivity contribution in [2.45, 2.75) is 44.8 Å². The van der Waals surface area contributed by atoms with Gasteiger partial charge in [-0.1, -0.05) is 32.1 Å². The third-order valence-electron chi connectivity index (χ3n) is 9.01. The van der Waals surface area contributed by atoms with Crippen molar-refractivity contribution < 1.29 is 0 Å². The van der Waals surface area contributed by atoms with Crippen LogP contribution in [0.15, 0.2) is 34.5 Å². The van der Waals surface area contributed by atoms with E-state index in [4.69, 9.17) is 20.7 Å². The Kier molecular flexibility index (Phi) is 5.96. The first kappa shape index (κ1) is 22.9. The van der Waals surface area contributed by atoms with E-state index < -0.39 is 0 Å². The van der Waals surface area contributed by atoms with Gasteiger partial charge >= 0.3 is 0 Å². The Morgan fingerprint density at radius 2 is 1.86 bits per heavy atom. The summed E-state index contributed by atoms with van der Waals surface area (Å²) in [4.78, 5) is 17.5. The SMILES string of the molecule is CC1C=C(c2nc(N3CCC4CNCC4CC3)ncc2C2C=NC3C(C=NN3C)C2C)C=CC1N. The van der Waals surface area contributed by atoms with Crippen molar-refractivity contribution in [2.75, 3.05) is 38.1 Å². The van der Waals surface area contributed by atoms with E-state index in [1.54, 1.807) is 0 Å². The number of rotatable bonds is 3. The van der Waals surface area contributed by atoms with Crippen molar-refractivity contribution in [1.82, 2.24) is 20.3 Å². The van der Waals surface area contributed by atoms with Crippen LogP contribution in [0.25, 0.3) is 5.57 Å². The fraction of sp³-hybridized carbons (Fsp3) is 0.630. The number of hydrazone groups is 1. The van der Waals surface area contributed by atoms with Crippen LogP contribution >= 0.6 is 0 Å². The first-order valence-electron chi connectivity index (χ1n) is 13.3. The number of aliphatic imine (C=N–C) groups is 1. The van der Waals surface area contributed by atoms with Gasteiger partial charge < -0.3 is 16.0 Å². The van der Waals surface area contributed by atoms with Gasteiger partial charge in [0.15, 0.2) is 0 Å². The lowest BCUT2D eigenvalue weighted by molar-refractivity contribution is 0.208. The molecule has 1 aliphatic carbocycles. The molecule has 4 aliphatic heterocycles. The number of fused-ring (bicyclic) bond motifs is 2. The minimum Gasteiger partial charge on any atom is -0.341 e. The Bertz CT molecular complexity index is 1060. The van der Waals surface area contributed by atoms with Crippen LogP contribution in [0.4, 0.5) is 5.95 Å². The van der Waals surface area contributed by atoms with E-state index in [0.717, 1.165) is 60.8 Å². The largest absolute Gasteiger partial charge is 0.341 e. The fourth-order valence-electron chi connectivity index (χ4n) is 6.52. The molecule has 35 heavy (non-hydrogen) atoms. The van der Waals surface area contributed by atoms with E-state index in [-0.39, 0.29) is 24.0 Å². The zero-order chi connectivity index (χ0) is 24.1. The summed E-state index contributed by atoms with van der Waals surface area (Å²) in [6.07, 6.45) is 15.3. The van der Waals surface area contributed by atoms with E-state index in [1.165, 1.54) is 12.8 Å². The van der Waals surface area contributed by atoms with Crippen molar-refractivity contribution in [3.63, 3.8) is 0 Å². The second-order valence-corrected chi connectivity index (χ2v) is 11.1. The molecule has 1 aromatic heterocycles. The van der Waals surface area contributed by atoms with Crippen LogP contribution in [0.5, 0.6) is 0 Å². The lowest BCUT2D eigenvalue weighted by Crippen LogP contribution is -2.38. The molecule has 0 aromatic carbocycles. The molecule has 0 spiro atoms. The van der Waals surface area contributed by atoms with Gasteiger partial charge in [-0.25, -0.2) is 9.97 Å². The maximum absolute atomic E-state index is 6.28. The zero-order valence-electron chi connectivity index (χ0n) is 21.1. The first-order valence-corrected chi connectivity index (χ1v) is 13.3. The number of hydrogen-bond donors (Lipinski definition) is 2. The number of hydrogen-bond acceptors (Lipinski definition) is 8. The minimum atomic E-state index is 0.0447. The van der Waals surface area contributed by atoms with E-state index in [1.807, 2.05) is 12.1 Å². The molecule has 8 heteroatoms. The summed E-state index contributed by atoms with van der Waals surface area (Å²) in [7, 11) is 2.00. The topological polar surface area (TPSA) is 95.0 Å². The molecule has 0 bridgehead atoms. The zero-order valence-corrected chi connectivity index (χ0v) is 21.1. The maximum atomic E-state index is 6.28. The Balaban J connectivity index is 1.36. The van der Waals surface area contributed by atoms with Gasteiger partial charge in [-0.3, -0.25) is 10.0 Å². The van der Waals surface area contributed by atoms with Gasteiger partial charge in [0.05, 0.1) is 5.69 Å². The number of anilines is 1. The van der Waals surface area contributed by atoms with Gasteiger partial charge in [-0.2, -0.15) is 5.10 Å². The third kappa shape index (κ3) is 4.10. The summed E-state index contributed by atoms with van der Waals surface area (Å²) >= 11 is 0. The number of nitrogens with two attached hydrogens (primary N) is 1. The molecule has 3 N–H and O–H groups in total. The normalized spacial score (nSPS) is 38.3. The predicted octanol–water partition coefficient (Wildman–Crippen LogP) is 2.51. The standard InChI is InChI=1S/C27H38N8/c1-16-10-18(4-5-24(16)28)25-23(21-13-30-26-22(17(21)2)15-32-34(26)3)14-31-27(33-25)35-8-6-19-11-29-12-20(19)7-9-35/h4-5,10,13-17,19-22,24,26,29H,6-9,11-12,28H2,1-3H3. The van der Waals surface area contributed by atoms with Crippen molar-refractivity contribution >= 4 is 24.0 Å². The highest BCUT2D eigenvalue weighted by Gasteiger charge is 2.40. The first-order chi connectivity index (χ1) is 17.0. The van der Waals surface area contributed by atoms with Crippen molar-refractivity contribution in [3.8, 4) is 0 Å². The molecule has 8 atom stereocenters. The molecule has 8 nitrogen and oxygen atoms in total. The molecule has 0 amide bonds. The lowest BCUT2D eigenvalue weighted by Gasteiger charge is -2.35. The van der Waals surface area contributed by atoms with Crippen molar-refractivity contribution in [2.24, 2.45) is 45.4 Å². The van der Waals surface area contributed by atoms with Crippen LogP contribution in [0.3, 0.4) is 0 Å². The summed E-state index contributed by atoms with van der Waals surface area (Å²) in [6.45, 7) is 8.83. The van der Waals surface area contributed by atoms with Crippen LogP contribution in [0, 0.1) is 29.6 Å². The Morgan fingerprint density at radius 3 is 2.60 bits per heavy atom. The molecule has 2 fully saturated rings. The van der Waals surface area contributed by atoms with Crippen molar-refractivity contribution in [3.05, 3.63) is 35.7 Å². The summed E-state index contributed by atoms with van der Waals surface area (Å²) < 4.78 is 0. The molecule has 8 unspecified atom stereocenters. The second kappa shape index (κ2) is 9.13. The third-order valence-corrected chi connectivity index (χ3v) is 9.01. The molecule has 2 saturated heterocycles. The average molecular weight is 475 g/mol. The van der Waals surface area contributed by atoms with Crippen LogP contribution in [0.2, 0.25) is 0 Å². The number of allylic oxidation sites excluding steroid dienone is 2. The maximum Gasteiger partial charge on any atom is 0.225 e. The van der Waals surface area contributed by atoms with Crippen LogP contribution in [-0.4, -0.2) is 72.8 Å². The summed E-state index contributed by atoms with van der Waals surface area (Å²) in [6, 6.07) is 0.0447. The molecule has 0 saturated carbocycles. The molecule has 1 aromatic rings. The molecule has 5 aliphatic rings. The highest BCUT2D eigenvalue weighted by atomic mass is 15.5. The molecule has 186 valence electrons. The molecular formula is C27H38N8. The molecule has 0 radical (unpaired) electrons. The number of nitrogens with zero attached hydrogens (tertiary/aromatic N) is 6. The van der Waals surface area contributed by atoms with Gasteiger partial charge in [0.25, 0.3) is 0 Å². The Hall–Kier alpha value is -2.58. The quantitative estimate of drug-likeness (QED) is 0.699. The molecular weight excluding hydrogens is 436 g/mol. The van der Waals surface area contributed by atoms with E-state index in [9.17, 15) is 0 Å². The minimum absolute atomic E-state index is 0.0447. The van der Waals surface area contributed by atoms with Gasteiger partial charge in [0.1, 0.15) is 6.17 Å². The summed E-state index contributed by atoms with van der Waals surface area (Å²) in [5, 5.41) is 10.1. The highest BCUT2D eigenvalue weighted by Crippen LogP contribution is 2.40. The van der Waals surface area contributed by atoms with Gasteiger partial charge in [0.2, 0.25) is 5.95 Å². The monoisotopic (exact) mass is 474 g/mol. The number of nitrogens with one attached hydrogen (secondary N) is 1. The molecule has 5 heterocycles. The van der Waals surface area contributed by atoms with Crippen LogP contribution < -0.4 is 16.0 Å². The smallest absolute Gasteiger partial charge is 0.225 e. The Labute approximate surface area is 208 Å². The summed E-state index contributed by atoms with van der Waals surface area (Å²) in [5.74, 6) is 3.49. The average Bonchev–Trinajstić information content (AvgIpc) is 3.42. The van der Waals surface area contributed by atoms with E-state index >= 15 is 0 Å². The van der Waals surface area contributed by atoms with E-state index in [0.29, 0.717) is 11.8 Å². The van der Waals surface area contributed by atoms with E-state index in [2.05, 4.69) is 66.0 Å². The van der Waals surface area contributed by atoms with Crippen molar-refractivity contribution in [1.29, 1.82) is 0 Å². The summed E-state index contributed by atoms with van der Waals surface area (Å²) in [5.41, 5.74) is 9.61. The van der Waals surface area contributed by atoms with Crippen LogP contribution in [-0.2, 0) is 0 Å². The molecule has 6 rings (SSSR count). The van der Waals surface area contributed by atoms with Gasteiger partial charge in [-0.05, 0) is 55.2 Å². The van der Waals surface area contributed by atoms with Gasteiger partial charge in [-0.15, -0.1) is 0 Å². The van der Waals surface area contributed by atoms with Gasteiger partial charge in [0, 0.05) is 62.2 Å². The predicted molar refractivity (Wildman–Crippen MR) is 142 cm³/mol. The fourth-order valence-corrected chi connectivity index (χ4v) is 6.52. The Morgan fingerprint density at radius 1 is 1.09 bits per heavy atom. The van der Waals surface area contributed by atoms with Crippen LogP contribution in [0.1, 0.15) is 43.9 Å². The highest BCUT2D eigenvalue weighted by molar-refractivity contribution is 5.81. The number of aromatic nitrogens is 2.